The normalized spacial score (nSPS) is 25.6. The van der Waals surface area contributed by atoms with Crippen molar-refractivity contribution in [3.05, 3.63) is 57.6 Å². The number of hydrogen-bond donors (Lipinski definition) is 0. The largest absolute Gasteiger partial charge is 0.495 e. The summed E-state index contributed by atoms with van der Waals surface area (Å²) in [6.45, 7) is 2.31. The Bertz CT molecular complexity index is 710. The molecule has 3 atom stereocenters. The number of rotatable bonds is 1. The minimum atomic E-state index is 0.176. The lowest BCUT2D eigenvalue weighted by Crippen LogP contribution is -2.25. The molecule has 2 aromatic rings. The molecule has 0 spiro atoms. The Morgan fingerprint density at radius 2 is 2.00 bits per heavy atom. The number of ether oxygens (including phenoxy) is 2. The van der Waals surface area contributed by atoms with Crippen molar-refractivity contribution in [3.8, 4) is 11.5 Å². The van der Waals surface area contributed by atoms with Crippen LogP contribution >= 0.6 is 15.9 Å². The van der Waals surface area contributed by atoms with Gasteiger partial charge in [-0.25, -0.2) is 0 Å². The lowest BCUT2D eigenvalue weighted by Gasteiger charge is -2.35. The van der Waals surface area contributed by atoms with Crippen molar-refractivity contribution in [2.75, 3.05) is 7.11 Å². The van der Waals surface area contributed by atoms with E-state index in [0.717, 1.165) is 22.4 Å². The van der Waals surface area contributed by atoms with Crippen LogP contribution in [0.2, 0.25) is 0 Å². The van der Waals surface area contributed by atoms with Gasteiger partial charge in [0.2, 0.25) is 0 Å². The average Bonchev–Trinajstić information content (AvgIpc) is 2.87. The molecular formula is C18H17BrO2. The van der Waals surface area contributed by atoms with E-state index in [1.54, 1.807) is 7.11 Å². The van der Waals surface area contributed by atoms with Gasteiger partial charge in [0.05, 0.1) is 11.6 Å². The molecule has 1 heterocycles. The fourth-order valence-electron chi connectivity index (χ4n) is 3.71. The van der Waals surface area contributed by atoms with Gasteiger partial charge in [0.15, 0.2) is 0 Å². The van der Waals surface area contributed by atoms with Crippen LogP contribution < -0.4 is 9.47 Å². The molecule has 0 unspecified atom stereocenters. The first-order chi connectivity index (χ1) is 10.2. The average molecular weight is 345 g/mol. The van der Waals surface area contributed by atoms with Crippen LogP contribution in [0.1, 0.15) is 35.6 Å². The van der Waals surface area contributed by atoms with Crippen LogP contribution in [-0.2, 0) is 6.42 Å². The van der Waals surface area contributed by atoms with Gasteiger partial charge in [-0.05, 0) is 51.0 Å². The zero-order valence-electron chi connectivity index (χ0n) is 12.1. The second kappa shape index (κ2) is 4.77. The maximum atomic E-state index is 6.35. The van der Waals surface area contributed by atoms with Crippen LogP contribution in [0.4, 0.5) is 0 Å². The molecule has 0 radical (unpaired) electrons. The van der Waals surface area contributed by atoms with Crippen molar-refractivity contribution in [3.63, 3.8) is 0 Å². The molecule has 0 amide bonds. The predicted octanol–water partition coefficient (Wildman–Crippen LogP) is 4.87. The van der Waals surface area contributed by atoms with Gasteiger partial charge in [-0.1, -0.05) is 31.2 Å². The van der Waals surface area contributed by atoms with E-state index in [0.29, 0.717) is 11.8 Å². The van der Waals surface area contributed by atoms with Gasteiger partial charge in [0.1, 0.15) is 17.6 Å². The molecule has 1 aliphatic carbocycles. The second-order valence-corrected chi connectivity index (χ2v) is 6.77. The van der Waals surface area contributed by atoms with Crippen LogP contribution in [0.5, 0.6) is 11.5 Å². The third kappa shape index (κ3) is 1.90. The molecule has 0 fully saturated rings. The minimum Gasteiger partial charge on any atom is -0.495 e. The van der Waals surface area contributed by atoms with E-state index in [1.165, 1.54) is 16.7 Å². The maximum Gasteiger partial charge on any atom is 0.136 e. The smallest absolute Gasteiger partial charge is 0.136 e. The van der Waals surface area contributed by atoms with Crippen LogP contribution in [-0.4, -0.2) is 7.11 Å². The summed E-state index contributed by atoms with van der Waals surface area (Å²) in [5.74, 6) is 2.79. The highest BCUT2D eigenvalue weighted by atomic mass is 79.9. The fourth-order valence-corrected chi connectivity index (χ4v) is 4.23. The molecule has 0 N–H and O–H groups in total. The molecule has 3 heteroatoms. The summed E-state index contributed by atoms with van der Waals surface area (Å²) in [5.41, 5.74) is 4.05. The van der Waals surface area contributed by atoms with E-state index in [4.69, 9.17) is 9.47 Å². The van der Waals surface area contributed by atoms with Gasteiger partial charge >= 0.3 is 0 Å². The number of benzene rings is 2. The summed E-state index contributed by atoms with van der Waals surface area (Å²) in [7, 11) is 1.69. The molecule has 0 bridgehead atoms. The first-order valence-electron chi connectivity index (χ1n) is 7.31. The summed E-state index contributed by atoms with van der Waals surface area (Å²) in [6, 6.07) is 12.8. The number of fused-ring (bicyclic) bond motifs is 4. The summed E-state index contributed by atoms with van der Waals surface area (Å²) >= 11 is 3.58. The van der Waals surface area contributed by atoms with Crippen molar-refractivity contribution in [1.82, 2.24) is 0 Å². The standard InChI is InChI=1S/C18H17BrO2/c1-10-13-8-15(19)17(20-2)9-16(13)21-18-12-6-4-3-5-11(12)7-14(10)18/h3-6,8-10,14,18H,7H2,1-2H3/t10-,14-,18-/m0/s1. The van der Waals surface area contributed by atoms with Gasteiger partial charge < -0.3 is 9.47 Å². The van der Waals surface area contributed by atoms with Crippen molar-refractivity contribution in [2.24, 2.45) is 5.92 Å². The maximum absolute atomic E-state index is 6.35. The Kier molecular flexibility index (Phi) is 3.00. The van der Waals surface area contributed by atoms with Crippen LogP contribution in [0.25, 0.3) is 0 Å². The molecule has 0 aromatic heterocycles. The van der Waals surface area contributed by atoms with E-state index in [9.17, 15) is 0 Å². The number of methoxy groups -OCH3 is 1. The van der Waals surface area contributed by atoms with E-state index < -0.39 is 0 Å². The van der Waals surface area contributed by atoms with Gasteiger partial charge in [0.25, 0.3) is 0 Å². The van der Waals surface area contributed by atoms with E-state index in [1.807, 2.05) is 6.07 Å². The number of hydrogen-bond acceptors (Lipinski definition) is 2. The molecule has 21 heavy (non-hydrogen) atoms. The van der Waals surface area contributed by atoms with E-state index in [2.05, 4.69) is 53.2 Å². The SMILES string of the molecule is COc1cc2c(cc1Br)[C@H](C)[C@@H]1Cc3ccccc3[C@@H]1O2. The van der Waals surface area contributed by atoms with E-state index >= 15 is 0 Å². The molecule has 0 saturated heterocycles. The Hall–Kier alpha value is -1.48. The molecule has 1 aliphatic heterocycles. The van der Waals surface area contributed by atoms with Crippen molar-refractivity contribution in [2.45, 2.75) is 25.4 Å². The Morgan fingerprint density at radius 1 is 1.19 bits per heavy atom. The third-order valence-electron chi connectivity index (χ3n) is 4.88. The quantitative estimate of drug-likeness (QED) is 0.734. The topological polar surface area (TPSA) is 18.5 Å². The monoisotopic (exact) mass is 344 g/mol. The molecule has 2 aromatic carbocycles. The Labute approximate surface area is 133 Å². The summed E-state index contributed by atoms with van der Waals surface area (Å²) in [4.78, 5) is 0. The van der Waals surface area contributed by atoms with Gasteiger partial charge in [-0.15, -0.1) is 0 Å². The lowest BCUT2D eigenvalue weighted by molar-refractivity contribution is 0.110. The molecule has 0 saturated carbocycles. The lowest BCUT2D eigenvalue weighted by atomic mass is 9.81. The van der Waals surface area contributed by atoms with Crippen molar-refractivity contribution in [1.29, 1.82) is 0 Å². The number of halogens is 1. The third-order valence-corrected chi connectivity index (χ3v) is 5.50. The summed E-state index contributed by atoms with van der Waals surface area (Å²) in [5, 5.41) is 0. The Balaban J connectivity index is 1.82. The van der Waals surface area contributed by atoms with Crippen LogP contribution in [0.15, 0.2) is 40.9 Å². The zero-order valence-corrected chi connectivity index (χ0v) is 13.7. The van der Waals surface area contributed by atoms with Crippen molar-refractivity contribution >= 4 is 15.9 Å². The highest BCUT2D eigenvalue weighted by molar-refractivity contribution is 9.10. The van der Waals surface area contributed by atoms with Crippen LogP contribution in [0.3, 0.4) is 0 Å². The minimum absolute atomic E-state index is 0.176. The first-order valence-corrected chi connectivity index (χ1v) is 8.10. The summed E-state index contributed by atoms with van der Waals surface area (Å²) in [6.07, 6.45) is 1.28. The highest BCUT2D eigenvalue weighted by Crippen LogP contribution is 2.53. The predicted molar refractivity (Wildman–Crippen MR) is 86.1 cm³/mol. The molecule has 2 aliphatic rings. The summed E-state index contributed by atoms with van der Waals surface area (Å²) < 4.78 is 12.7. The van der Waals surface area contributed by atoms with Crippen molar-refractivity contribution < 1.29 is 9.47 Å². The molecule has 4 rings (SSSR count). The molecule has 108 valence electrons. The first kappa shape index (κ1) is 13.2. The van der Waals surface area contributed by atoms with Gasteiger partial charge in [-0.2, -0.15) is 0 Å². The van der Waals surface area contributed by atoms with Gasteiger partial charge in [0, 0.05) is 12.0 Å². The molecular weight excluding hydrogens is 328 g/mol. The Morgan fingerprint density at radius 3 is 2.81 bits per heavy atom. The molecule has 2 nitrogen and oxygen atoms in total. The van der Waals surface area contributed by atoms with Gasteiger partial charge in [-0.3, -0.25) is 0 Å². The van der Waals surface area contributed by atoms with E-state index in [-0.39, 0.29) is 6.10 Å². The van der Waals surface area contributed by atoms with Crippen LogP contribution in [0, 0.1) is 5.92 Å². The highest BCUT2D eigenvalue weighted by Gasteiger charge is 2.42. The zero-order chi connectivity index (χ0) is 14.6. The fraction of sp³-hybridized carbons (Fsp3) is 0.333. The second-order valence-electron chi connectivity index (χ2n) is 5.92.